The van der Waals surface area contributed by atoms with Crippen molar-refractivity contribution in [2.24, 2.45) is 35.3 Å². The fourth-order valence-corrected chi connectivity index (χ4v) is 4.90. The number of ether oxygens (including phenoxy) is 2. The first-order chi connectivity index (χ1) is 18.8. The number of hydrogen-bond donors (Lipinski definition) is 3. The summed E-state index contributed by atoms with van der Waals surface area (Å²) < 4.78 is 10.7. The Bertz CT molecular complexity index is 835. The second-order valence-electron chi connectivity index (χ2n) is 11.2. The van der Waals surface area contributed by atoms with Gasteiger partial charge in [-0.15, -0.1) is 0 Å². The van der Waals surface area contributed by atoms with Crippen molar-refractivity contribution in [3.63, 3.8) is 0 Å². The average Bonchev–Trinajstić information content (AvgIpc) is 2.90. The minimum atomic E-state index is -0.759. The third-order valence-electron chi connectivity index (χ3n) is 7.62. The maximum absolute atomic E-state index is 11.9. The molecule has 4 N–H and O–H groups in total. The molecular formula is C33H57NO6. The number of nitrogens with two attached hydrogens (primary N) is 1. The van der Waals surface area contributed by atoms with Crippen molar-refractivity contribution in [2.45, 2.75) is 118 Å². The molecule has 0 aromatic carbocycles. The average molecular weight is 564 g/mol. The van der Waals surface area contributed by atoms with E-state index in [9.17, 15) is 19.8 Å². The van der Waals surface area contributed by atoms with E-state index < -0.39 is 18.3 Å². The maximum Gasteiger partial charge on any atom is 0.404 e. The molecule has 7 unspecified atom stereocenters. The van der Waals surface area contributed by atoms with Gasteiger partial charge in [0.05, 0.1) is 18.1 Å². The number of unbranched alkanes of at least 4 members (excludes halogenated alkanes) is 1. The van der Waals surface area contributed by atoms with E-state index in [0.717, 1.165) is 32.1 Å². The van der Waals surface area contributed by atoms with Crippen LogP contribution in [0.3, 0.4) is 0 Å². The van der Waals surface area contributed by atoms with Crippen LogP contribution in [0.1, 0.15) is 93.9 Å². The Morgan fingerprint density at radius 3 is 2.33 bits per heavy atom. The highest BCUT2D eigenvalue weighted by Crippen LogP contribution is 2.28. The summed E-state index contributed by atoms with van der Waals surface area (Å²) in [6.45, 7) is 19.6. The zero-order valence-electron chi connectivity index (χ0n) is 26.2. The SMILES string of the molecule is C=C/C=C\C(C)C(CCCC/C(C)=C\C(C)C(O)[C@@H](C)/C=C\C(O)C[C@H]1CC(C)C(C)C(=O)O1)OC(N)=O.CC. The molecule has 0 aromatic heterocycles. The van der Waals surface area contributed by atoms with Crippen LogP contribution in [0, 0.1) is 29.6 Å². The number of carbonyl (C=O) groups is 2. The lowest BCUT2D eigenvalue weighted by Crippen LogP contribution is -2.36. The Morgan fingerprint density at radius 2 is 1.75 bits per heavy atom. The largest absolute Gasteiger partial charge is 0.462 e. The van der Waals surface area contributed by atoms with Crippen molar-refractivity contribution in [1.82, 2.24) is 0 Å². The van der Waals surface area contributed by atoms with Gasteiger partial charge in [-0.3, -0.25) is 4.79 Å². The number of carbonyl (C=O) groups excluding carboxylic acids is 2. The van der Waals surface area contributed by atoms with E-state index in [-0.39, 0.29) is 47.8 Å². The molecule has 1 amide bonds. The Labute approximate surface area is 243 Å². The third-order valence-corrected chi connectivity index (χ3v) is 7.62. The molecule has 1 saturated heterocycles. The van der Waals surface area contributed by atoms with Gasteiger partial charge in [0.1, 0.15) is 12.2 Å². The number of allylic oxidation sites excluding steroid dienone is 3. The summed E-state index contributed by atoms with van der Waals surface area (Å²) in [4.78, 5) is 23.2. The molecule has 230 valence electrons. The van der Waals surface area contributed by atoms with Gasteiger partial charge in [-0.05, 0) is 44.9 Å². The van der Waals surface area contributed by atoms with E-state index >= 15 is 0 Å². The lowest BCUT2D eigenvalue weighted by atomic mass is 9.86. The first-order valence-electron chi connectivity index (χ1n) is 15.0. The number of hydrogen-bond acceptors (Lipinski definition) is 6. The van der Waals surface area contributed by atoms with Gasteiger partial charge in [0, 0.05) is 24.2 Å². The normalized spacial score (nSPS) is 24.3. The fraction of sp³-hybridized carbons (Fsp3) is 0.697. The van der Waals surface area contributed by atoms with Crippen molar-refractivity contribution in [3.05, 3.63) is 48.6 Å². The molecule has 0 spiro atoms. The van der Waals surface area contributed by atoms with Gasteiger partial charge in [0.25, 0.3) is 0 Å². The summed E-state index contributed by atoms with van der Waals surface area (Å²) in [5.74, 6) is -0.212. The van der Waals surface area contributed by atoms with Gasteiger partial charge in [-0.2, -0.15) is 0 Å². The highest BCUT2D eigenvalue weighted by molar-refractivity contribution is 5.73. The molecule has 9 atom stereocenters. The summed E-state index contributed by atoms with van der Waals surface area (Å²) in [5, 5.41) is 21.2. The predicted molar refractivity (Wildman–Crippen MR) is 163 cm³/mol. The maximum atomic E-state index is 11.9. The fourth-order valence-electron chi connectivity index (χ4n) is 4.90. The van der Waals surface area contributed by atoms with Gasteiger partial charge in [0.2, 0.25) is 0 Å². The highest BCUT2D eigenvalue weighted by atomic mass is 16.6. The van der Waals surface area contributed by atoms with Crippen LogP contribution in [-0.4, -0.2) is 46.7 Å². The van der Waals surface area contributed by atoms with Crippen LogP contribution in [0.5, 0.6) is 0 Å². The lowest BCUT2D eigenvalue weighted by molar-refractivity contribution is -0.164. The van der Waals surface area contributed by atoms with Crippen LogP contribution in [0.15, 0.2) is 48.6 Å². The summed E-state index contributed by atoms with van der Waals surface area (Å²) in [7, 11) is 0. The van der Waals surface area contributed by atoms with E-state index in [1.807, 2.05) is 66.7 Å². The first kappa shape index (κ1) is 37.6. The Kier molecular flexibility index (Phi) is 19.3. The highest BCUT2D eigenvalue weighted by Gasteiger charge is 2.33. The van der Waals surface area contributed by atoms with Gasteiger partial charge in [0.15, 0.2) is 0 Å². The molecule has 1 aliphatic rings. The molecule has 0 saturated carbocycles. The smallest absolute Gasteiger partial charge is 0.404 e. The molecule has 1 fully saturated rings. The van der Waals surface area contributed by atoms with Crippen molar-refractivity contribution in [3.8, 4) is 0 Å². The summed E-state index contributed by atoms with van der Waals surface area (Å²) >= 11 is 0. The molecule has 0 radical (unpaired) electrons. The summed E-state index contributed by atoms with van der Waals surface area (Å²) in [6.07, 6.45) is 13.0. The molecular weight excluding hydrogens is 506 g/mol. The van der Waals surface area contributed by atoms with E-state index in [1.54, 1.807) is 12.2 Å². The number of cyclic esters (lactones) is 1. The van der Waals surface area contributed by atoms with E-state index in [1.165, 1.54) is 5.57 Å². The molecule has 0 bridgehead atoms. The predicted octanol–water partition coefficient (Wildman–Crippen LogP) is 6.89. The van der Waals surface area contributed by atoms with Crippen molar-refractivity contribution < 1.29 is 29.3 Å². The van der Waals surface area contributed by atoms with Gasteiger partial charge in [-0.1, -0.05) is 97.1 Å². The number of esters is 1. The molecule has 1 rings (SSSR count). The van der Waals surface area contributed by atoms with Gasteiger partial charge in [-0.25, -0.2) is 4.79 Å². The summed E-state index contributed by atoms with van der Waals surface area (Å²) in [6, 6.07) is 0. The molecule has 7 heteroatoms. The molecule has 1 aliphatic heterocycles. The van der Waals surface area contributed by atoms with Gasteiger partial charge < -0.3 is 25.4 Å². The van der Waals surface area contributed by atoms with Crippen LogP contribution in [-0.2, 0) is 14.3 Å². The Balaban J connectivity index is 0.00000742. The minimum Gasteiger partial charge on any atom is -0.462 e. The zero-order chi connectivity index (χ0) is 30.8. The minimum absolute atomic E-state index is 0.0466. The van der Waals surface area contributed by atoms with Crippen LogP contribution >= 0.6 is 0 Å². The van der Waals surface area contributed by atoms with Crippen molar-refractivity contribution in [2.75, 3.05) is 0 Å². The number of amides is 1. The standard InChI is InChI=1S/C31H51NO6.C2H6/c1-8-9-13-21(3)28(38-31(32)36)14-11-10-12-20(2)17-24(6)29(34)22(4)15-16-26(33)19-27-18-23(5)25(7)30(35)37-27;1-2/h8-9,13,15-17,21-29,33-34H,1,10-12,14,18-19H2,2-7H3,(H2,32,36);1-2H3/b13-9-,16-15-,20-17-;/t21?,22-,23?,24?,25?,26?,27+,28?,29?;/m0./s1. The van der Waals surface area contributed by atoms with E-state index in [0.29, 0.717) is 6.42 Å². The second-order valence-corrected chi connectivity index (χ2v) is 11.2. The number of aliphatic hydroxyl groups excluding tert-OH is 2. The van der Waals surface area contributed by atoms with E-state index in [4.69, 9.17) is 15.2 Å². The number of rotatable bonds is 16. The van der Waals surface area contributed by atoms with Crippen LogP contribution < -0.4 is 5.73 Å². The first-order valence-corrected chi connectivity index (χ1v) is 15.0. The van der Waals surface area contributed by atoms with Crippen LogP contribution in [0.2, 0.25) is 0 Å². The summed E-state index contributed by atoms with van der Waals surface area (Å²) in [5.41, 5.74) is 6.44. The van der Waals surface area contributed by atoms with Crippen LogP contribution in [0.4, 0.5) is 4.79 Å². The Morgan fingerprint density at radius 1 is 1.10 bits per heavy atom. The lowest BCUT2D eigenvalue weighted by Gasteiger charge is -2.32. The molecule has 1 heterocycles. The number of aliphatic hydroxyl groups is 2. The quantitative estimate of drug-likeness (QED) is 0.0814. The monoisotopic (exact) mass is 563 g/mol. The molecule has 40 heavy (non-hydrogen) atoms. The van der Waals surface area contributed by atoms with E-state index in [2.05, 4.69) is 19.6 Å². The molecule has 0 aliphatic carbocycles. The number of primary amides is 1. The van der Waals surface area contributed by atoms with Gasteiger partial charge >= 0.3 is 12.1 Å². The second kappa shape index (κ2) is 20.5. The molecule has 0 aromatic rings. The Hall–Kier alpha value is -2.38. The molecule has 7 nitrogen and oxygen atoms in total. The van der Waals surface area contributed by atoms with Crippen molar-refractivity contribution >= 4 is 12.1 Å². The zero-order valence-corrected chi connectivity index (χ0v) is 26.2. The topological polar surface area (TPSA) is 119 Å². The van der Waals surface area contributed by atoms with Crippen LogP contribution in [0.25, 0.3) is 0 Å². The third kappa shape index (κ3) is 14.8. The van der Waals surface area contributed by atoms with Crippen molar-refractivity contribution in [1.29, 1.82) is 0 Å².